The van der Waals surface area contributed by atoms with Crippen LogP contribution in [-0.4, -0.2) is 39.2 Å². The van der Waals surface area contributed by atoms with Crippen molar-refractivity contribution in [2.75, 3.05) is 13.1 Å². The first-order chi connectivity index (χ1) is 14.6. The maximum absolute atomic E-state index is 13.4. The third-order valence-corrected chi connectivity index (χ3v) is 6.23. The van der Waals surface area contributed by atoms with Gasteiger partial charge in [0.15, 0.2) is 0 Å². The Balaban J connectivity index is 1.39. The number of benzene rings is 1. The van der Waals surface area contributed by atoms with Crippen molar-refractivity contribution in [2.24, 2.45) is 5.10 Å². The van der Waals surface area contributed by atoms with Crippen LogP contribution in [0.25, 0.3) is 0 Å². The molecule has 1 amide bonds. The Morgan fingerprint density at radius 2 is 1.97 bits per heavy atom. The Morgan fingerprint density at radius 1 is 1.13 bits per heavy atom. The smallest absolute Gasteiger partial charge is 0.257 e. The number of hydrogen-bond donors (Lipinski definition) is 0. The van der Waals surface area contributed by atoms with E-state index >= 15 is 0 Å². The first-order valence-electron chi connectivity index (χ1n) is 10.5. The molecule has 1 aromatic carbocycles. The summed E-state index contributed by atoms with van der Waals surface area (Å²) >= 11 is 0. The predicted octanol–water partition coefficient (Wildman–Crippen LogP) is 4.14. The highest BCUT2D eigenvalue weighted by molar-refractivity contribution is 6.03. The van der Waals surface area contributed by atoms with Crippen molar-refractivity contribution in [3.63, 3.8) is 0 Å². The molecule has 5 rings (SSSR count). The van der Waals surface area contributed by atoms with Crippen LogP contribution < -0.4 is 0 Å². The maximum atomic E-state index is 13.4. The van der Waals surface area contributed by atoms with Crippen molar-refractivity contribution in [2.45, 2.75) is 38.9 Å². The van der Waals surface area contributed by atoms with E-state index in [9.17, 15) is 4.79 Å². The maximum Gasteiger partial charge on any atom is 0.257 e. The summed E-state index contributed by atoms with van der Waals surface area (Å²) in [6.07, 6.45) is 4.42. The fourth-order valence-electron chi connectivity index (χ4n) is 4.45. The molecule has 0 fully saturated rings. The molecule has 0 saturated carbocycles. The van der Waals surface area contributed by atoms with Gasteiger partial charge < -0.3 is 8.98 Å². The van der Waals surface area contributed by atoms with Crippen LogP contribution in [0, 0.1) is 6.92 Å². The molecule has 4 heterocycles. The standard InChI is InChI=1S/C24H26N4O2/c1-17-7-9-19(10-8-17)20-15-22(23-6-4-14-30-23)28(25-20)24(29)16-27-13-12-26-11-3-5-21(26)18(27)2/h3-11,14,18,22H,12-13,15-16H2,1-2H3/t18-,22+/m1/s1. The Bertz CT molecular complexity index is 1070. The lowest BCUT2D eigenvalue weighted by atomic mass is 10.0. The average Bonchev–Trinajstić information content (AvgIpc) is 3.50. The van der Waals surface area contributed by atoms with E-state index < -0.39 is 0 Å². The van der Waals surface area contributed by atoms with E-state index in [-0.39, 0.29) is 18.0 Å². The molecule has 0 spiro atoms. The summed E-state index contributed by atoms with van der Waals surface area (Å²) < 4.78 is 7.93. The molecular formula is C24H26N4O2. The van der Waals surface area contributed by atoms with E-state index in [0.29, 0.717) is 13.0 Å². The normalized spacial score (nSPS) is 21.5. The summed E-state index contributed by atoms with van der Waals surface area (Å²) in [5.74, 6) is 0.778. The summed E-state index contributed by atoms with van der Waals surface area (Å²) in [5.41, 5.74) is 4.43. The van der Waals surface area contributed by atoms with Crippen molar-refractivity contribution in [1.29, 1.82) is 0 Å². The van der Waals surface area contributed by atoms with Crippen molar-refractivity contribution in [3.05, 3.63) is 83.6 Å². The van der Waals surface area contributed by atoms with Gasteiger partial charge in [0.05, 0.1) is 18.5 Å². The number of furan rings is 1. The van der Waals surface area contributed by atoms with E-state index in [0.717, 1.165) is 30.1 Å². The quantitative estimate of drug-likeness (QED) is 0.659. The van der Waals surface area contributed by atoms with Crippen LogP contribution in [0.4, 0.5) is 0 Å². The molecular weight excluding hydrogens is 376 g/mol. The van der Waals surface area contributed by atoms with E-state index in [2.05, 4.69) is 65.9 Å². The first-order valence-corrected chi connectivity index (χ1v) is 10.5. The zero-order valence-electron chi connectivity index (χ0n) is 17.4. The van der Waals surface area contributed by atoms with Gasteiger partial charge in [-0.25, -0.2) is 5.01 Å². The first kappa shape index (κ1) is 18.9. The van der Waals surface area contributed by atoms with Gasteiger partial charge in [-0.15, -0.1) is 0 Å². The summed E-state index contributed by atoms with van der Waals surface area (Å²) in [6.45, 7) is 6.32. The van der Waals surface area contributed by atoms with Crippen LogP contribution in [0.3, 0.4) is 0 Å². The monoisotopic (exact) mass is 402 g/mol. The Kier molecular flexibility index (Phi) is 4.79. The molecule has 0 bridgehead atoms. The molecule has 3 aromatic rings. The minimum atomic E-state index is -0.201. The third-order valence-electron chi connectivity index (χ3n) is 6.23. The number of aryl methyl sites for hydroxylation is 1. The van der Waals surface area contributed by atoms with Gasteiger partial charge in [0.1, 0.15) is 11.8 Å². The minimum absolute atomic E-state index is 0.00497. The molecule has 0 unspecified atom stereocenters. The van der Waals surface area contributed by atoms with Crippen molar-refractivity contribution >= 4 is 11.6 Å². The lowest BCUT2D eigenvalue weighted by Gasteiger charge is -2.35. The van der Waals surface area contributed by atoms with Gasteiger partial charge in [-0.3, -0.25) is 9.69 Å². The molecule has 2 aromatic heterocycles. The summed E-state index contributed by atoms with van der Waals surface area (Å²) in [6, 6.07) is 16.3. The van der Waals surface area contributed by atoms with Crippen LogP contribution in [0.15, 0.2) is 70.5 Å². The van der Waals surface area contributed by atoms with Crippen LogP contribution in [0.2, 0.25) is 0 Å². The number of hydrazone groups is 1. The Labute approximate surface area is 176 Å². The summed E-state index contributed by atoms with van der Waals surface area (Å²) in [4.78, 5) is 15.6. The van der Waals surface area contributed by atoms with Crippen molar-refractivity contribution in [3.8, 4) is 0 Å². The molecule has 6 heteroatoms. The van der Waals surface area contributed by atoms with Gasteiger partial charge in [-0.05, 0) is 43.7 Å². The molecule has 2 aliphatic heterocycles. The molecule has 154 valence electrons. The predicted molar refractivity (Wildman–Crippen MR) is 115 cm³/mol. The number of hydrogen-bond acceptors (Lipinski definition) is 4. The van der Waals surface area contributed by atoms with Gasteiger partial charge in [-0.2, -0.15) is 5.10 Å². The van der Waals surface area contributed by atoms with Crippen LogP contribution >= 0.6 is 0 Å². The Morgan fingerprint density at radius 3 is 2.73 bits per heavy atom. The van der Waals surface area contributed by atoms with E-state index in [1.807, 2.05) is 12.1 Å². The van der Waals surface area contributed by atoms with Gasteiger partial charge >= 0.3 is 0 Å². The van der Waals surface area contributed by atoms with Gasteiger partial charge in [0.2, 0.25) is 0 Å². The number of nitrogens with zero attached hydrogens (tertiary/aromatic N) is 4. The fourth-order valence-corrected chi connectivity index (χ4v) is 4.45. The second-order valence-corrected chi connectivity index (χ2v) is 8.16. The average molecular weight is 402 g/mol. The molecule has 30 heavy (non-hydrogen) atoms. The molecule has 0 aliphatic carbocycles. The van der Waals surface area contributed by atoms with Crippen LogP contribution in [0.1, 0.15) is 48.0 Å². The number of amides is 1. The van der Waals surface area contributed by atoms with Gasteiger partial charge in [-0.1, -0.05) is 29.8 Å². The number of fused-ring (bicyclic) bond motifs is 1. The highest BCUT2D eigenvalue weighted by Crippen LogP contribution is 2.34. The largest absolute Gasteiger partial charge is 0.467 e. The summed E-state index contributed by atoms with van der Waals surface area (Å²) in [5, 5.41) is 6.39. The Hall–Kier alpha value is -3.12. The minimum Gasteiger partial charge on any atom is -0.467 e. The molecule has 2 atom stereocenters. The summed E-state index contributed by atoms with van der Waals surface area (Å²) in [7, 11) is 0. The molecule has 0 saturated heterocycles. The van der Waals surface area contributed by atoms with E-state index in [4.69, 9.17) is 9.52 Å². The van der Waals surface area contributed by atoms with Crippen molar-refractivity contribution in [1.82, 2.24) is 14.5 Å². The lowest BCUT2D eigenvalue weighted by Crippen LogP contribution is -2.43. The highest BCUT2D eigenvalue weighted by Gasteiger charge is 2.36. The van der Waals surface area contributed by atoms with Crippen LogP contribution in [-0.2, 0) is 11.3 Å². The topological polar surface area (TPSA) is 54.0 Å². The highest BCUT2D eigenvalue weighted by atomic mass is 16.3. The zero-order valence-corrected chi connectivity index (χ0v) is 17.4. The van der Waals surface area contributed by atoms with Gasteiger partial charge in [0, 0.05) is 37.4 Å². The second kappa shape index (κ2) is 7.61. The zero-order chi connectivity index (χ0) is 20.7. The molecule has 6 nitrogen and oxygen atoms in total. The molecule has 0 radical (unpaired) electrons. The van der Waals surface area contributed by atoms with E-state index in [1.54, 1.807) is 11.3 Å². The number of rotatable bonds is 4. The number of aromatic nitrogens is 1. The van der Waals surface area contributed by atoms with E-state index in [1.165, 1.54) is 11.3 Å². The van der Waals surface area contributed by atoms with Crippen LogP contribution in [0.5, 0.6) is 0 Å². The molecule has 0 N–H and O–H groups in total. The number of carbonyl (C=O) groups excluding carboxylic acids is 1. The molecule has 2 aliphatic rings. The second-order valence-electron chi connectivity index (χ2n) is 8.16. The van der Waals surface area contributed by atoms with Crippen molar-refractivity contribution < 1.29 is 9.21 Å². The van der Waals surface area contributed by atoms with Gasteiger partial charge in [0.25, 0.3) is 5.91 Å². The third kappa shape index (κ3) is 3.37. The lowest BCUT2D eigenvalue weighted by molar-refractivity contribution is -0.135. The number of carbonyl (C=O) groups is 1. The fraction of sp³-hybridized carbons (Fsp3) is 0.333. The SMILES string of the molecule is Cc1ccc(C2=NN(C(=O)CN3CCn4cccc4[C@H]3C)[C@H](c3ccco3)C2)cc1.